The van der Waals surface area contributed by atoms with Crippen molar-refractivity contribution in [2.45, 2.75) is 33.3 Å². The first-order chi connectivity index (χ1) is 11.9. The quantitative estimate of drug-likeness (QED) is 0.713. The van der Waals surface area contributed by atoms with Gasteiger partial charge in [0.15, 0.2) is 0 Å². The van der Waals surface area contributed by atoms with Crippen LogP contribution in [0.15, 0.2) is 72.8 Å². The van der Waals surface area contributed by atoms with Gasteiger partial charge < -0.3 is 5.11 Å². The molecule has 25 heavy (non-hydrogen) atoms. The molecule has 3 atom stereocenters. The third kappa shape index (κ3) is 2.19. The van der Waals surface area contributed by atoms with E-state index in [-0.39, 0.29) is 16.7 Å². The van der Waals surface area contributed by atoms with Crippen LogP contribution in [0.5, 0.6) is 0 Å². The minimum atomic E-state index is -0.391. The molecule has 1 nitrogen and oxygen atoms in total. The Kier molecular flexibility index (Phi) is 3.56. The number of fused-ring (bicyclic) bond motifs is 2. The number of hydrogen-bond acceptors (Lipinski definition) is 1. The van der Waals surface area contributed by atoms with E-state index < -0.39 is 6.10 Å². The van der Waals surface area contributed by atoms with Gasteiger partial charge in [0, 0.05) is 16.7 Å². The van der Waals surface area contributed by atoms with Gasteiger partial charge >= 0.3 is 0 Å². The molecule has 2 bridgehead atoms. The molecule has 0 aliphatic heterocycles. The molecule has 0 saturated heterocycles. The molecule has 1 N–H and O–H groups in total. The van der Waals surface area contributed by atoms with Crippen LogP contribution in [0.25, 0.3) is 11.1 Å². The SMILES string of the molecule is C=C1C[C@@]2(C)C(c3ccccc3)=C(c3ccccc3)[C@@H]1C(C)(C)[C@H]2O. The van der Waals surface area contributed by atoms with E-state index in [2.05, 4.69) is 88.0 Å². The average molecular weight is 330 g/mol. The van der Waals surface area contributed by atoms with Gasteiger partial charge in [-0.3, -0.25) is 0 Å². The van der Waals surface area contributed by atoms with Crippen LogP contribution in [0, 0.1) is 16.7 Å². The van der Waals surface area contributed by atoms with Gasteiger partial charge in [0.05, 0.1) is 6.10 Å². The van der Waals surface area contributed by atoms with Crippen LogP contribution in [-0.2, 0) is 0 Å². The molecule has 2 aromatic carbocycles. The summed E-state index contributed by atoms with van der Waals surface area (Å²) in [6.45, 7) is 11.0. The normalized spacial score (nSPS) is 30.6. The van der Waals surface area contributed by atoms with Gasteiger partial charge in [-0.2, -0.15) is 0 Å². The molecule has 5 rings (SSSR count). The van der Waals surface area contributed by atoms with Gasteiger partial charge in [0.25, 0.3) is 0 Å². The van der Waals surface area contributed by atoms with Gasteiger partial charge in [-0.05, 0) is 28.7 Å². The summed E-state index contributed by atoms with van der Waals surface area (Å²) < 4.78 is 0. The van der Waals surface area contributed by atoms with Gasteiger partial charge in [0.1, 0.15) is 0 Å². The van der Waals surface area contributed by atoms with E-state index >= 15 is 0 Å². The topological polar surface area (TPSA) is 20.2 Å². The number of hydrogen-bond donors (Lipinski definition) is 1. The molecular formula is C24H26O. The highest BCUT2D eigenvalue weighted by Crippen LogP contribution is 2.66. The highest BCUT2D eigenvalue weighted by atomic mass is 16.3. The average Bonchev–Trinajstić information content (AvgIpc) is 2.60. The fraction of sp³-hybridized carbons (Fsp3) is 0.333. The number of allylic oxidation sites excluding steroid dienone is 2. The molecule has 0 aromatic heterocycles. The Hall–Kier alpha value is -2.12. The lowest BCUT2D eigenvalue weighted by molar-refractivity contribution is -0.0626. The van der Waals surface area contributed by atoms with Crippen molar-refractivity contribution < 1.29 is 5.11 Å². The number of aliphatic hydroxyl groups is 1. The van der Waals surface area contributed by atoms with E-state index in [1.165, 1.54) is 27.8 Å². The van der Waals surface area contributed by atoms with Crippen LogP contribution in [0.4, 0.5) is 0 Å². The van der Waals surface area contributed by atoms with Gasteiger partial charge in [-0.15, -0.1) is 0 Å². The van der Waals surface area contributed by atoms with Crippen molar-refractivity contribution in [1.29, 1.82) is 0 Å². The molecule has 0 amide bonds. The number of benzene rings is 2. The second-order valence-corrected chi connectivity index (χ2v) is 8.43. The first-order valence-electron chi connectivity index (χ1n) is 9.08. The van der Waals surface area contributed by atoms with E-state index in [9.17, 15) is 5.11 Å². The standard InChI is InChI=1S/C24H26O/c1-16-15-24(4)21(18-13-9-6-10-14-18)19(17-11-7-5-8-12-17)20(16)23(2,3)22(24)25/h5-14,20,22,25H,1,15H2,2-4H3/t20-,22-,24+/m1/s1. The van der Waals surface area contributed by atoms with Crippen LogP contribution in [0.3, 0.4) is 0 Å². The van der Waals surface area contributed by atoms with Crippen LogP contribution in [0.2, 0.25) is 0 Å². The lowest BCUT2D eigenvalue weighted by Crippen LogP contribution is -2.56. The van der Waals surface area contributed by atoms with E-state index in [1.807, 2.05) is 0 Å². The molecule has 0 spiro atoms. The van der Waals surface area contributed by atoms with Crippen LogP contribution in [-0.4, -0.2) is 11.2 Å². The molecular weight excluding hydrogens is 304 g/mol. The van der Waals surface area contributed by atoms with Crippen molar-refractivity contribution in [3.8, 4) is 0 Å². The summed E-state index contributed by atoms with van der Waals surface area (Å²) in [7, 11) is 0. The van der Waals surface area contributed by atoms with Gasteiger partial charge in [-0.25, -0.2) is 0 Å². The summed E-state index contributed by atoms with van der Waals surface area (Å²) in [5, 5.41) is 11.3. The first kappa shape index (κ1) is 16.4. The highest BCUT2D eigenvalue weighted by molar-refractivity contribution is 5.98. The molecule has 0 unspecified atom stereocenters. The van der Waals surface area contributed by atoms with Crippen molar-refractivity contribution in [3.63, 3.8) is 0 Å². The minimum absolute atomic E-state index is 0.168. The van der Waals surface area contributed by atoms with Crippen molar-refractivity contribution in [3.05, 3.63) is 83.9 Å². The zero-order chi connectivity index (χ0) is 17.8. The van der Waals surface area contributed by atoms with Crippen LogP contribution < -0.4 is 0 Å². The third-order valence-electron chi connectivity index (χ3n) is 6.33. The lowest BCUT2D eigenvalue weighted by Gasteiger charge is -2.60. The van der Waals surface area contributed by atoms with E-state index in [4.69, 9.17) is 0 Å². The summed E-state index contributed by atoms with van der Waals surface area (Å²) in [5.74, 6) is 0.168. The predicted molar refractivity (Wildman–Crippen MR) is 105 cm³/mol. The Bertz CT molecular complexity index is 844. The smallest absolute Gasteiger partial charge is 0.0697 e. The fourth-order valence-corrected chi connectivity index (χ4v) is 5.45. The molecule has 0 radical (unpaired) electrons. The maximum absolute atomic E-state index is 11.3. The minimum Gasteiger partial charge on any atom is -0.392 e. The Morgan fingerprint density at radius 2 is 1.40 bits per heavy atom. The third-order valence-corrected chi connectivity index (χ3v) is 6.33. The molecule has 3 aliphatic rings. The molecule has 1 saturated carbocycles. The molecule has 3 aliphatic carbocycles. The summed E-state index contributed by atoms with van der Waals surface area (Å²) in [6, 6.07) is 21.2. The van der Waals surface area contributed by atoms with E-state index in [1.54, 1.807) is 0 Å². The van der Waals surface area contributed by atoms with Gasteiger partial charge in [-0.1, -0.05) is 93.6 Å². The maximum atomic E-state index is 11.3. The lowest BCUT2D eigenvalue weighted by atomic mass is 9.45. The maximum Gasteiger partial charge on any atom is 0.0697 e. The Morgan fingerprint density at radius 1 is 0.880 bits per heavy atom. The second-order valence-electron chi connectivity index (χ2n) is 8.43. The summed E-state index contributed by atoms with van der Waals surface area (Å²) in [6.07, 6.45) is 0.459. The number of aliphatic hydroxyl groups excluding tert-OH is 1. The van der Waals surface area contributed by atoms with E-state index in [0.29, 0.717) is 0 Å². The van der Waals surface area contributed by atoms with Gasteiger partial charge in [0.2, 0.25) is 0 Å². The van der Waals surface area contributed by atoms with Crippen molar-refractivity contribution in [2.24, 2.45) is 16.7 Å². The first-order valence-corrected chi connectivity index (χ1v) is 9.08. The highest BCUT2D eigenvalue weighted by Gasteiger charge is 2.60. The predicted octanol–water partition coefficient (Wildman–Crippen LogP) is 5.58. The zero-order valence-corrected chi connectivity index (χ0v) is 15.3. The van der Waals surface area contributed by atoms with E-state index in [0.717, 1.165) is 6.42 Å². The van der Waals surface area contributed by atoms with Crippen molar-refractivity contribution in [1.82, 2.24) is 0 Å². The number of rotatable bonds is 2. The van der Waals surface area contributed by atoms with Crippen molar-refractivity contribution in [2.75, 3.05) is 0 Å². The van der Waals surface area contributed by atoms with Crippen LogP contribution in [0.1, 0.15) is 38.3 Å². The summed E-state index contributed by atoms with van der Waals surface area (Å²) >= 11 is 0. The summed E-state index contributed by atoms with van der Waals surface area (Å²) in [5.41, 5.74) is 5.81. The summed E-state index contributed by atoms with van der Waals surface area (Å²) in [4.78, 5) is 0. The monoisotopic (exact) mass is 330 g/mol. The van der Waals surface area contributed by atoms with Crippen LogP contribution >= 0.6 is 0 Å². The molecule has 1 heteroatoms. The largest absolute Gasteiger partial charge is 0.392 e. The Morgan fingerprint density at radius 3 is 1.96 bits per heavy atom. The molecule has 1 fully saturated rings. The molecule has 2 aromatic rings. The molecule has 128 valence electrons. The fourth-order valence-electron chi connectivity index (χ4n) is 5.45. The Labute approximate surface area is 150 Å². The zero-order valence-electron chi connectivity index (χ0n) is 15.3. The van der Waals surface area contributed by atoms with Crippen molar-refractivity contribution >= 4 is 11.1 Å². The Balaban J connectivity index is 2.10. The second kappa shape index (κ2) is 5.44. The molecule has 0 heterocycles.